The van der Waals surface area contributed by atoms with Gasteiger partial charge in [-0.15, -0.1) is 0 Å². The Bertz CT molecular complexity index is 317. The van der Waals surface area contributed by atoms with Gasteiger partial charge in [0.2, 0.25) is 0 Å². The van der Waals surface area contributed by atoms with Crippen molar-refractivity contribution in [3.05, 3.63) is 12.5 Å². The van der Waals surface area contributed by atoms with Gasteiger partial charge in [0.15, 0.2) is 0 Å². The van der Waals surface area contributed by atoms with Gasteiger partial charge in [-0.2, -0.15) is 0 Å². The van der Waals surface area contributed by atoms with E-state index in [1.54, 1.807) is 24.6 Å². The number of nitrogens with two attached hydrogens (primary N) is 1. The maximum atomic E-state index is 11.3. The highest BCUT2D eigenvalue weighted by atomic mass is 16.5. The molecule has 0 saturated heterocycles. The van der Waals surface area contributed by atoms with Gasteiger partial charge in [-0.25, -0.2) is 9.78 Å². The van der Waals surface area contributed by atoms with E-state index in [9.17, 15) is 4.79 Å². The van der Waals surface area contributed by atoms with Gasteiger partial charge in [-0.05, 0) is 13.8 Å². The Morgan fingerprint density at radius 2 is 2.31 bits per heavy atom. The monoisotopic (exact) mass is 183 g/mol. The summed E-state index contributed by atoms with van der Waals surface area (Å²) < 4.78 is 6.27. The van der Waals surface area contributed by atoms with Gasteiger partial charge >= 0.3 is 5.97 Å². The molecule has 0 aliphatic carbocycles. The first kappa shape index (κ1) is 9.57. The summed E-state index contributed by atoms with van der Waals surface area (Å²) in [4.78, 5) is 15.2. The molecular weight excluding hydrogens is 170 g/mol. The summed E-state index contributed by atoms with van der Waals surface area (Å²) in [7, 11) is 1.35. The van der Waals surface area contributed by atoms with E-state index in [1.165, 1.54) is 13.4 Å². The number of hydrogen-bond donors (Lipinski definition) is 1. The fraction of sp³-hybridized carbons (Fsp3) is 0.500. The van der Waals surface area contributed by atoms with Crippen molar-refractivity contribution in [3.8, 4) is 0 Å². The Hall–Kier alpha value is -1.52. The number of aromatic nitrogens is 2. The summed E-state index contributed by atoms with van der Waals surface area (Å²) in [6.07, 6.45) is 3.10. The van der Waals surface area contributed by atoms with Crippen molar-refractivity contribution in [1.82, 2.24) is 9.55 Å². The average molecular weight is 183 g/mol. The number of anilines is 1. The van der Waals surface area contributed by atoms with Crippen LogP contribution in [0.4, 0.5) is 5.82 Å². The van der Waals surface area contributed by atoms with Crippen LogP contribution in [0.5, 0.6) is 0 Å². The molecule has 1 aromatic rings. The zero-order chi connectivity index (χ0) is 10.1. The molecule has 5 nitrogen and oxygen atoms in total. The van der Waals surface area contributed by atoms with E-state index >= 15 is 0 Å². The maximum Gasteiger partial charge on any atom is 0.331 e. The second kappa shape index (κ2) is 3.08. The van der Waals surface area contributed by atoms with Crippen LogP contribution in [0, 0.1) is 0 Å². The van der Waals surface area contributed by atoms with Gasteiger partial charge in [0.1, 0.15) is 11.4 Å². The molecule has 1 rings (SSSR count). The first-order valence-corrected chi connectivity index (χ1v) is 3.87. The number of hydrogen-bond acceptors (Lipinski definition) is 4. The number of nitrogen functional groups attached to an aromatic ring is 1. The molecule has 0 bridgehead atoms. The van der Waals surface area contributed by atoms with Gasteiger partial charge in [-0.3, -0.25) is 0 Å². The Kier molecular flexibility index (Phi) is 2.27. The molecule has 0 fully saturated rings. The van der Waals surface area contributed by atoms with Gasteiger partial charge in [0.05, 0.1) is 13.4 Å². The van der Waals surface area contributed by atoms with Crippen LogP contribution in [0.25, 0.3) is 0 Å². The van der Waals surface area contributed by atoms with Crippen molar-refractivity contribution in [2.24, 2.45) is 0 Å². The number of carbonyl (C=O) groups excluding carboxylic acids is 1. The highest BCUT2D eigenvalue weighted by Gasteiger charge is 2.30. The molecule has 13 heavy (non-hydrogen) atoms. The van der Waals surface area contributed by atoms with E-state index in [0.29, 0.717) is 5.82 Å². The smallest absolute Gasteiger partial charge is 0.331 e. The fourth-order valence-corrected chi connectivity index (χ4v) is 0.999. The highest BCUT2D eigenvalue weighted by molar-refractivity contribution is 5.77. The van der Waals surface area contributed by atoms with Crippen LogP contribution >= 0.6 is 0 Å². The van der Waals surface area contributed by atoms with Crippen LogP contribution in [0.3, 0.4) is 0 Å². The molecule has 0 amide bonds. The average Bonchev–Trinajstić information content (AvgIpc) is 2.50. The standard InChI is InChI=1S/C8H13N3O2/c1-8(2,7(12)13-3)11-4-6(9)10-5-11/h4-5H,9H2,1-3H3. The summed E-state index contributed by atoms with van der Waals surface area (Å²) >= 11 is 0. The maximum absolute atomic E-state index is 11.3. The third-order valence-corrected chi connectivity index (χ3v) is 1.93. The first-order chi connectivity index (χ1) is 5.98. The lowest BCUT2D eigenvalue weighted by Crippen LogP contribution is -2.35. The van der Waals surface area contributed by atoms with Gasteiger partial charge in [0.25, 0.3) is 0 Å². The van der Waals surface area contributed by atoms with E-state index in [0.717, 1.165) is 0 Å². The molecule has 0 saturated carbocycles. The number of imidazole rings is 1. The molecule has 0 aliphatic rings. The lowest BCUT2D eigenvalue weighted by atomic mass is 10.1. The number of esters is 1. The van der Waals surface area contributed by atoms with E-state index < -0.39 is 5.54 Å². The van der Waals surface area contributed by atoms with Gasteiger partial charge in [-0.1, -0.05) is 0 Å². The molecular formula is C8H13N3O2. The van der Waals surface area contributed by atoms with Crippen LogP contribution in [0.2, 0.25) is 0 Å². The number of carbonyl (C=O) groups is 1. The second-order valence-corrected chi connectivity index (χ2v) is 3.26. The molecule has 72 valence electrons. The fourth-order valence-electron chi connectivity index (χ4n) is 0.999. The summed E-state index contributed by atoms with van der Waals surface area (Å²) in [5.41, 5.74) is 4.67. The summed E-state index contributed by atoms with van der Waals surface area (Å²) in [6.45, 7) is 3.47. The second-order valence-electron chi connectivity index (χ2n) is 3.26. The zero-order valence-electron chi connectivity index (χ0n) is 7.94. The first-order valence-electron chi connectivity index (χ1n) is 3.87. The molecule has 0 radical (unpaired) electrons. The van der Waals surface area contributed by atoms with Crippen molar-refractivity contribution in [2.75, 3.05) is 12.8 Å². The van der Waals surface area contributed by atoms with Crippen molar-refractivity contribution >= 4 is 11.8 Å². The minimum Gasteiger partial charge on any atom is -0.467 e. The predicted octanol–water partition coefficient (Wildman–Crippen LogP) is 0.373. The van der Waals surface area contributed by atoms with E-state index in [1.807, 2.05) is 0 Å². The molecule has 0 aliphatic heterocycles. The minimum absolute atomic E-state index is 0.329. The van der Waals surface area contributed by atoms with Crippen molar-refractivity contribution < 1.29 is 9.53 Å². The van der Waals surface area contributed by atoms with Crippen LogP contribution < -0.4 is 5.73 Å². The van der Waals surface area contributed by atoms with Crippen LogP contribution in [0.1, 0.15) is 13.8 Å². The number of rotatable bonds is 2. The van der Waals surface area contributed by atoms with Crippen molar-refractivity contribution in [2.45, 2.75) is 19.4 Å². The van der Waals surface area contributed by atoms with Gasteiger partial charge in [0, 0.05) is 6.20 Å². The molecule has 2 N–H and O–H groups in total. The third kappa shape index (κ3) is 1.63. The zero-order valence-corrected chi connectivity index (χ0v) is 7.94. The summed E-state index contributed by atoms with van der Waals surface area (Å²) in [5.74, 6) is 0.0573. The summed E-state index contributed by atoms with van der Waals surface area (Å²) in [6, 6.07) is 0. The molecule has 5 heteroatoms. The number of ether oxygens (including phenoxy) is 1. The van der Waals surface area contributed by atoms with Crippen LogP contribution in [-0.4, -0.2) is 22.6 Å². The molecule has 0 unspecified atom stereocenters. The minimum atomic E-state index is -0.765. The third-order valence-electron chi connectivity index (χ3n) is 1.93. The molecule has 0 spiro atoms. The largest absolute Gasteiger partial charge is 0.467 e. The topological polar surface area (TPSA) is 70.1 Å². The number of methoxy groups -OCH3 is 1. The Morgan fingerprint density at radius 3 is 2.69 bits per heavy atom. The summed E-state index contributed by atoms with van der Waals surface area (Å²) in [5, 5.41) is 0. The molecule has 0 aromatic carbocycles. The van der Waals surface area contributed by atoms with E-state index in [4.69, 9.17) is 5.73 Å². The van der Waals surface area contributed by atoms with E-state index in [2.05, 4.69) is 9.72 Å². The molecule has 0 atom stereocenters. The Morgan fingerprint density at radius 1 is 1.69 bits per heavy atom. The lowest BCUT2D eigenvalue weighted by Gasteiger charge is -2.22. The predicted molar refractivity (Wildman–Crippen MR) is 48.0 cm³/mol. The van der Waals surface area contributed by atoms with Crippen LogP contribution in [-0.2, 0) is 15.1 Å². The molecule has 1 heterocycles. The Balaban J connectivity index is 2.99. The van der Waals surface area contributed by atoms with E-state index in [-0.39, 0.29) is 5.97 Å². The van der Waals surface area contributed by atoms with Crippen LogP contribution in [0.15, 0.2) is 12.5 Å². The Labute approximate surface area is 76.5 Å². The highest BCUT2D eigenvalue weighted by Crippen LogP contribution is 2.17. The molecule has 1 aromatic heterocycles. The SMILES string of the molecule is COC(=O)C(C)(C)n1cnc(N)c1. The van der Waals surface area contributed by atoms with Gasteiger partial charge < -0.3 is 15.0 Å². The number of nitrogens with zero attached hydrogens (tertiary/aromatic N) is 2. The van der Waals surface area contributed by atoms with Crippen molar-refractivity contribution in [3.63, 3.8) is 0 Å². The quantitative estimate of drug-likeness (QED) is 0.672. The lowest BCUT2D eigenvalue weighted by molar-refractivity contribution is -0.149. The van der Waals surface area contributed by atoms with Crippen molar-refractivity contribution in [1.29, 1.82) is 0 Å². The normalized spacial score (nSPS) is 11.3.